The van der Waals surface area contributed by atoms with Crippen LogP contribution in [0.2, 0.25) is 5.02 Å². The van der Waals surface area contributed by atoms with E-state index in [4.69, 9.17) is 11.6 Å². The highest BCUT2D eigenvalue weighted by Crippen LogP contribution is 2.30. The van der Waals surface area contributed by atoms with Gasteiger partial charge in [0.25, 0.3) is 0 Å². The highest BCUT2D eigenvalue weighted by Gasteiger charge is 2.16. The monoisotopic (exact) mass is 404 g/mol. The molecule has 0 saturated heterocycles. The second-order valence-electron chi connectivity index (χ2n) is 7.18. The molecule has 0 aliphatic carbocycles. The summed E-state index contributed by atoms with van der Waals surface area (Å²) in [6, 6.07) is 15.7. The van der Waals surface area contributed by atoms with Crippen LogP contribution in [0.4, 0.5) is 5.69 Å². The van der Waals surface area contributed by atoms with E-state index in [-0.39, 0.29) is 12.5 Å². The van der Waals surface area contributed by atoms with Gasteiger partial charge in [-0.15, -0.1) is 0 Å². The van der Waals surface area contributed by atoms with Crippen LogP contribution in [0.5, 0.6) is 0 Å². The molecular formula is C23H21ClN4O. The van der Waals surface area contributed by atoms with Crippen LogP contribution in [-0.2, 0) is 11.3 Å². The number of carbonyl (C=O) groups is 1. The standard InChI is InChI=1S/C23H21ClN4O/c1-14-5-4-6-17(11-14)19-9-10-25-23-22(19)16(3)27-28(23)13-21(29)26-20-12-18(24)8-7-15(20)2/h4-12H,13H2,1-3H3,(H,26,29). The van der Waals surface area contributed by atoms with Crippen molar-refractivity contribution in [1.29, 1.82) is 0 Å². The number of aryl methyl sites for hydroxylation is 3. The first-order chi connectivity index (χ1) is 13.9. The molecule has 0 fully saturated rings. The zero-order valence-corrected chi connectivity index (χ0v) is 17.3. The summed E-state index contributed by atoms with van der Waals surface area (Å²) in [4.78, 5) is 17.2. The molecule has 1 N–H and O–H groups in total. The Morgan fingerprint density at radius 2 is 1.93 bits per heavy atom. The van der Waals surface area contributed by atoms with Gasteiger partial charge >= 0.3 is 0 Å². The summed E-state index contributed by atoms with van der Waals surface area (Å²) in [5, 5.41) is 9.04. The second-order valence-corrected chi connectivity index (χ2v) is 7.61. The first-order valence-electron chi connectivity index (χ1n) is 9.37. The molecule has 0 unspecified atom stereocenters. The predicted octanol–water partition coefficient (Wildman–Crippen LogP) is 5.32. The number of pyridine rings is 1. The second kappa shape index (κ2) is 7.68. The lowest BCUT2D eigenvalue weighted by molar-refractivity contribution is -0.116. The maximum Gasteiger partial charge on any atom is 0.246 e. The Hall–Kier alpha value is -3.18. The third kappa shape index (κ3) is 3.87. The van der Waals surface area contributed by atoms with Gasteiger partial charge in [0, 0.05) is 22.3 Å². The van der Waals surface area contributed by atoms with Crippen molar-refractivity contribution in [3.63, 3.8) is 0 Å². The van der Waals surface area contributed by atoms with Crippen LogP contribution in [0.1, 0.15) is 16.8 Å². The predicted molar refractivity (Wildman–Crippen MR) is 117 cm³/mol. The number of hydrogen-bond donors (Lipinski definition) is 1. The zero-order valence-electron chi connectivity index (χ0n) is 16.5. The zero-order chi connectivity index (χ0) is 20.5. The van der Waals surface area contributed by atoms with E-state index in [0.29, 0.717) is 16.4 Å². The average Bonchev–Trinajstić information content (AvgIpc) is 3.00. The van der Waals surface area contributed by atoms with Crippen molar-refractivity contribution < 1.29 is 4.79 Å². The van der Waals surface area contributed by atoms with E-state index in [9.17, 15) is 4.79 Å². The Labute approximate surface area is 174 Å². The Bertz CT molecular complexity index is 1230. The highest BCUT2D eigenvalue weighted by atomic mass is 35.5. The summed E-state index contributed by atoms with van der Waals surface area (Å²) >= 11 is 6.05. The van der Waals surface area contributed by atoms with Crippen LogP contribution >= 0.6 is 11.6 Å². The third-order valence-electron chi connectivity index (χ3n) is 4.90. The van der Waals surface area contributed by atoms with Gasteiger partial charge < -0.3 is 5.32 Å². The van der Waals surface area contributed by atoms with Crippen molar-refractivity contribution in [1.82, 2.24) is 14.8 Å². The largest absolute Gasteiger partial charge is 0.324 e. The van der Waals surface area contributed by atoms with Gasteiger partial charge in [-0.25, -0.2) is 9.67 Å². The molecule has 4 rings (SSSR count). The van der Waals surface area contributed by atoms with Crippen molar-refractivity contribution in [2.75, 3.05) is 5.32 Å². The lowest BCUT2D eigenvalue weighted by atomic mass is 10.0. The van der Waals surface area contributed by atoms with Gasteiger partial charge in [0.05, 0.1) is 5.69 Å². The van der Waals surface area contributed by atoms with E-state index in [2.05, 4.69) is 40.5 Å². The average molecular weight is 405 g/mol. The van der Waals surface area contributed by atoms with E-state index >= 15 is 0 Å². The number of halogens is 1. The van der Waals surface area contributed by atoms with Crippen molar-refractivity contribution in [2.45, 2.75) is 27.3 Å². The molecule has 6 heteroatoms. The van der Waals surface area contributed by atoms with Crippen molar-refractivity contribution in [2.24, 2.45) is 0 Å². The van der Waals surface area contributed by atoms with E-state index in [1.54, 1.807) is 23.0 Å². The smallest absolute Gasteiger partial charge is 0.246 e. The normalized spacial score (nSPS) is 11.0. The van der Waals surface area contributed by atoms with Crippen molar-refractivity contribution in [3.05, 3.63) is 76.6 Å². The van der Waals surface area contributed by atoms with Crippen LogP contribution in [0.15, 0.2) is 54.7 Å². The maximum atomic E-state index is 12.7. The SMILES string of the molecule is Cc1cccc(-c2ccnc3c2c(C)nn3CC(=O)Nc2cc(Cl)ccc2C)c1. The minimum atomic E-state index is -0.178. The molecule has 29 heavy (non-hydrogen) atoms. The van der Waals surface area contributed by atoms with Gasteiger partial charge in [-0.3, -0.25) is 4.79 Å². The first kappa shape index (κ1) is 19.2. The van der Waals surface area contributed by atoms with Crippen LogP contribution in [-0.4, -0.2) is 20.7 Å². The molecule has 0 aliphatic heterocycles. The molecule has 0 atom stereocenters. The summed E-state index contributed by atoms with van der Waals surface area (Å²) < 4.78 is 1.65. The molecule has 0 spiro atoms. The molecule has 146 valence electrons. The number of fused-ring (bicyclic) bond motifs is 1. The van der Waals surface area contributed by atoms with Gasteiger partial charge in [0.15, 0.2) is 5.65 Å². The minimum absolute atomic E-state index is 0.0700. The molecule has 4 aromatic rings. The molecule has 0 aliphatic rings. The number of benzene rings is 2. The van der Waals surface area contributed by atoms with E-state index < -0.39 is 0 Å². The summed E-state index contributed by atoms with van der Waals surface area (Å²) in [5.41, 5.74) is 6.55. The number of nitrogens with one attached hydrogen (secondary N) is 1. The van der Waals surface area contributed by atoms with Gasteiger partial charge in [0.2, 0.25) is 5.91 Å². The fourth-order valence-electron chi connectivity index (χ4n) is 3.50. The molecule has 0 radical (unpaired) electrons. The number of rotatable bonds is 4. The van der Waals surface area contributed by atoms with Crippen LogP contribution in [0.25, 0.3) is 22.2 Å². The Balaban J connectivity index is 1.68. The Morgan fingerprint density at radius 1 is 1.10 bits per heavy atom. The van der Waals surface area contributed by atoms with Crippen molar-refractivity contribution >= 4 is 34.2 Å². The molecule has 2 aromatic carbocycles. The van der Waals surface area contributed by atoms with Crippen LogP contribution < -0.4 is 5.32 Å². The molecule has 1 amide bonds. The van der Waals surface area contributed by atoms with Crippen molar-refractivity contribution in [3.8, 4) is 11.1 Å². The Morgan fingerprint density at radius 3 is 2.72 bits per heavy atom. The van der Waals surface area contributed by atoms with Gasteiger partial charge in [-0.2, -0.15) is 5.10 Å². The topological polar surface area (TPSA) is 59.8 Å². The molecule has 0 saturated carbocycles. The number of nitrogens with zero attached hydrogens (tertiary/aromatic N) is 3. The fraction of sp³-hybridized carbons (Fsp3) is 0.174. The number of carbonyl (C=O) groups excluding carboxylic acids is 1. The van der Waals surface area contributed by atoms with E-state index in [1.165, 1.54) is 5.56 Å². The lowest BCUT2D eigenvalue weighted by Gasteiger charge is -2.09. The summed E-state index contributed by atoms with van der Waals surface area (Å²) in [7, 11) is 0. The fourth-order valence-corrected chi connectivity index (χ4v) is 3.67. The van der Waals surface area contributed by atoms with Crippen LogP contribution in [0.3, 0.4) is 0 Å². The number of hydrogen-bond acceptors (Lipinski definition) is 3. The number of amides is 1. The molecular weight excluding hydrogens is 384 g/mol. The van der Waals surface area contributed by atoms with Crippen LogP contribution in [0, 0.1) is 20.8 Å². The molecule has 5 nitrogen and oxygen atoms in total. The minimum Gasteiger partial charge on any atom is -0.324 e. The molecule has 0 bridgehead atoms. The summed E-state index contributed by atoms with van der Waals surface area (Å²) in [5.74, 6) is -0.178. The quantitative estimate of drug-likeness (QED) is 0.501. The van der Waals surface area contributed by atoms with Gasteiger partial charge in [-0.1, -0.05) is 47.5 Å². The number of aromatic nitrogens is 3. The van der Waals surface area contributed by atoms with E-state index in [0.717, 1.165) is 27.8 Å². The third-order valence-corrected chi connectivity index (χ3v) is 5.14. The van der Waals surface area contributed by atoms with Gasteiger partial charge in [0.1, 0.15) is 6.54 Å². The lowest BCUT2D eigenvalue weighted by Crippen LogP contribution is -2.20. The summed E-state index contributed by atoms with van der Waals surface area (Å²) in [6.07, 6.45) is 1.76. The van der Waals surface area contributed by atoms with Gasteiger partial charge in [-0.05, 0) is 55.7 Å². The first-order valence-corrected chi connectivity index (χ1v) is 9.75. The maximum absolute atomic E-state index is 12.7. The highest BCUT2D eigenvalue weighted by molar-refractivity contribution is 6.31. The number of anilines is 1. The Kier molecular flexibility index (Phi) is 5.07. The molecule has 2 heterocycles. The molecule has 2 aromatic heterocycles. The summed E-state index contributed by atoms with van der Waals surface area (Å²) in [6.45, 7) is 6.01. The van der Waals surface area contributed by atoms with E-state index in [1.807, 2.05) is 32.0 Å².